The Balaban J connectivity index is 1.48. The molecule has 1 aliphatic carbocycles. The molecule has 1 N–H and O–H groups in total. The van der Waals surface area contributed by atoms with Crippen LogP contribution in [0.1, 0.15) is 41.7 Å². The summed E-state index contributed by atoms with van der Waals surface area (Å²) in [5.74, 6) is -0.224. The van der Waals surface area contributed by atoms with E-state index in [0.717, 1.165) is 43.7 Å². The van der Waals surface area contributed by atoms with E-state index < -0.39 is 0 Å². The standard InChI is InChI=1S/C24H29N3O3/c1-17-16-26(21-12-8-19(9-13-21)24(29)30-2)14-15-27(17)22(18-6-4-3-5-7-18)23(28)25-20-10-11-20/h3-9,12-13,17,20,22H,10-11,14-16H2,1-2H3,(H,25,28). The lowest BCUT2D eigenvalue weighted by Gasteiger charge is -2.44. The molecule has 2 aromatic rings. The molecule has 6 heteroatoms. The summed E-state index contributed by atoms with van der Waals surface area (Å²) in [5.41, 5.74) is 2.67. The van der Waals surface area contributed by atoms with Gasteiger partial charge in [-0.1, -0.05) is 30.3 Å². The Morgan fingerprint density at radius 3 is 2.33 bits per heavy atom. The first-order valence-corrected chi connectivity index (χ1v) is 10.6. The second kappa shape index (κ2) is 8.88. The number of piperazine rings is 1. The van der Waals surface area contributed by atoms with Gasteiger partial charge in [-0.15, -0.1) is 0 Å². The SMILES string of the molecule is COC(=O)c1ccc(N2CCN(C(C(=O)NC3CC3)c3ccccc3)C(C)C2)cc1. The molecule has 6 nitrogen and oxygen atoms in total. The van der Waals surface area contributed by atoms with Crippen LogP contribution in [0.5, 0.6) is 0 Å². The lowest BCUT2D eigenvalue weighted by molar-refractivity contribution is -0.128. The molecule has 30 heavy (non-hydrogen) atoms. The molecular formula is C24H29N3O3. The first-order chi connectivity index (χ1) is 14.6. The fourth-order valence-corrected chi connectivity index (χ4v) is 4.15. The molecule has 2 aromatic carbocycles. The Morgan fingerprint density at radius 2 is 1.73 bits per heavy atom. The third-order valence-corrected chi connectivity index (χ3v) is 5.95. The zero-order valence-electron chi connectivity index (χ0n) is 17.6. The predicted molar refractivity (Wildman–Crippen MR) is 117 cm³/mol. The monoisotopic (exact) mass is 407 g/mol. The van der Waals surface area contributed by atoms with Crippen LogP contribution in [0.4, 0.5) is 5.69 Å². The van der Waals surface area contributed by atoms with Crippen LogP contribution < -0.4 is 10.2 Å². The highest BCUT2D eigenvalue weighted by Gasteiger charge is 2.36. The quantitative estimate of drug-likeness (QED) is 0.746. The van der Waals surface area contributed by atoms with Gasteiger partial charge in [0.1, 0.15) is 6.04 Å². The number of hydrogen-bond donors (Lipinski definition) is 1. The number of amides is 1. The maximum Gasteiger partial charge on any atom is 0.337 e. The van der Waals surface area contributed by atoms with Gasteiger partial charge in [0.25, 0.3) is 0 Å². The van der Waals surface area contributed by atoms with Crippen LogP contribution in [0.15, 0.2) is 54.6 Å². The Labute approximate surface area is 177 Å². The second-order valence-electron chi connectivity index (χ2n) is 8.17. The number of anilines is 1. The smallest absolute Gasteiger partial charge is 0.337 e. The third-order valence-electron chi connectivity index (χ3n) is 5.95. The average Bonchev–Trinajstić information content (AvgIpc) is 3.59. The fraction of sp³-hybridized carbons (Fsp3) is 0.417. The van der Waals surface area contributed by atoms with E-state index in [1.807, 2.05) is 42.5 Å². The molecule has 0 radical (unpaired) electrons. The maximum absolute atomic E-state index is 13.1. The third kappa shape index (κ3) is 4.49. The van der Waals surface area contributed by atoms with Crippen molar-refractivity contribution >= 4 is 17.6 Å². The van der Waals surface area contributed by atoms with Crippen molar-refractivity contribution < 1.29 is 14.3 Å². The fourth-order valence-electron chi connectivity index (χ4n) is 4.15. The van der Waals surface area contributed by atoms with Crippen LogP contribution in [-0.4, -0.2) is 55.6 Å². The largest absolute Gasteiger partial charge is 0.465 e. The number of nitrogens with one attached hydrogen (secondary N) is 1. The van der Waals surface area contributed by atoms with Gasteiger partial charge in [-0.05, 0) is 49.6 Å². The minimum absolute atomic E-state index is 0.103. The van der Waals surface area contributed by atoms with E-state index in [9.17, 15) is 9.59 Å². The summed E-state index contributed by atoms with van der Waals surface area (Å²) in [6.07, 6.45) is 2.16. The van der Waals surface area contributed by atoms with Crippen LogP contribution in [0.2, 0.25) is 0 Å². The molecule has 1 aliphatic heterocycles. The number of esters is 1. The van der Waals surface area contributed by atoms with E-state index in [2.05, 4.69) is 22.0 Å². The van der Waals surface area contributed by atoms with Gasteiger partial charge in [0.15, 0.2) is 0 Å². The highest BCUT2D eigenvalue weighted by molar-refractivity contribution is 5.89. The molecule has 4 rings (SSSR count). The van der Waals surface area contributed by atoms with Gasteiger partial charge < -0.3 is 15.0 Å². The highest BCUT2D eigenvalue weighted by Crippen LogP contribution is 2.29. The summed E-state index contributed by atoms with van der Waals surface area (Å²) >= 11 is 0. The van der Waals surface area contributed by atoms with E-state index in [1.54, 1.807) is 12.1 Å². The van der Waals surface area contributed by atoms with Gasteiger partial charge in [0.2, 0.25) is 5.91 Å². The number of benzene rings is 2. The molecule has 1 amide bonds. The van der Waals surface area contributed by atoms with Gasteiger partial charge in [-0.25, -0.2) is 4.79 Å². The number of carbonyl (C=O) groups is 2. The molecule has 1 saturated heterocycles. The zero-order valence-corrected chi connectivity index (χ0v) is 17.6. The maximum atomic E-state index is 13.1. The van der Waals surface area contributed by atoms with Gasteiger partial charge in [0, 0.05) is 37.4 Å². The zero-order chi connectivity index (χ0) is 21.1. The number of ether oxygens (including phenoxy) is 1. The summed E-state index contributed by atoms with van der Waals surface area (Å²) in [4.78, 5) is 29.4. The van der Waals surface area contributed by atoms with Crippen LogP contribution >= 0.6 is 0 Å². The Bertz CT molecular complexity index is 880. The van der Waals surface area contributed by atoms with E-state index in [-0.39, 0.29) is 24.0 Å². The molecule has 0 aromatic heterocycles. The Morgan fingerprint density at radius 1 is 1.03 bits per heavy atom. The van der Waals surface area contributed by atoms with Crippen molar-refractivity contribution in [2.75, 3.05) is 31.6 Å². The molecular weight excluding hydrogens is 378 g/mol. The molecule has 1 heterocycles. The van der Waals surface area contributed by atoms with Gasteiger partial charge >= 0.3 is 5.97 Å². The van der Waals surface area contributed by atoms with Gasteiger partial charge in [-0.3, -0.25) is 9.69 Å². The predicted octanol–water partition coefficient (Wildman–Crippen LogP) is 3.00. The van der Waals surface area contributed by atoms with E-state index >= 15 is 0 Å². The molecule has 2 unspecified atom stereocenters. The molecule has 2 fully saturated rings. The topological polar surface area (TPSA) is 61.9 Å². The van der Waals surface area contributed by atoms with Crippen molar-refractivity contribution in [2.45, 2.75) is 37.9 Å². The molecule has 0 spiro atoms. The van der Waals surface area contributed by atoms with Crippen molar-refractivity contribution in [1.82, 2.24) is 10.2 Å². The van der Waals surface area contributed by atoms with Crippen LogP contribution in [0.3, 0.4) is 0 Å². The molecule has 2 atom stereocenters. The van der Waals surface area contributed by atoms with E-state index in [4.69, 9.17) is 4.74 Å². The number of methoxy groups -OCH3 is 1. The lowest BCUT2D eigenvalue weighted by Crippen LogP contribution is -2.55. The number of nitrogens with zero attached hydrogens (tertiary/aromatic N) is 2. The van der Waals surface area contributed by atoms with Crippen molar-refractivity contribution in [1.29, 1.82) is 0 Å². The van der Waals surface area contributed by atoms with Crippen molar-refractivity contribution in [2.24, 2.45) is 0 Å². The second-order valence-corrected chi connectivity index (χ2v) is 8.17. The number of rotatable bonds is 6. The van der Waals surface area contributed by atoms with Crippen molar-refractivity contribution in [3.8, 4) is 0 Å². The summed E-state index contributed by atoms with van der Waals surface area (Å²) in [6, 6.07) is 17.9. The molecule has 0 bridgehead atoms. The normalized spacial score (nSPS) is 20.5. The van der Waals surface area contributed by atoms with Gasteiger partial charge in [-0.2, -0.15) is 0 Å². The van der Waals surface area contributed by atoms with Gasteiger partial charge in [0.05, 0.1) is 12.7 Å². The lowest BCUT2D eigenvalue weighted by atomic mass is 10.0. The van der Waals surface area contributed by atoms with E-state index in [0.29, 0.717) is 11.6 Å². The Hall–Kier alpha value is -2.86. The van der Waals surface area contributed by atoms with Crippen molar-refractivity contribution in [3.05, 3.63) is 65.7 Å². The Kier molecular flexibility index (Phi) is 6.04. The number of carbonyl (C=O) groups excluding carboxylic acids is 2. The summed E-state index contributed by atoms with van der Waals surface area (Å²) in [5, 5.41) is 3.20. The molecule has 158 valence electrons. The van der Waals surface area contributed by atoms with Crippen LogP contribution in [-0.2, 0) is 9.53 Å². The number of hydrogen-bond acceptors (Lipinski definition) is 5. The van der Waals surface area contributed by atoms with Crippen LogP contribution in [0.25, 0.3) is 0 Å². The first-order valence-electron chi connectivity index (χ1n) is 10.6. The average molecular weight is 408 g/mol. The summed E-state index contributed by atoms with van der Waals surface area (Å²) in [6.45, 7) is 4.60. The molecule has 2 aliphatic rings. The molecule has 1 saturated carbocycles. The minimum Gasteiger partial charge on any atom is -0.465 e. The first kappa shape index (κ1) is 20.4. The van der Waals surface area contributed by atoms with Crippen LogP contribution in [0, 0.1) is 0 Å². The summed E-state index contributed by atoms with van der Waals surface area (Å²) < 4.78 is 4.78. The van der Waals surface area contributed by atoms with Crippen molar-refractivity contribution in [3.63, 3.8) is 0 Å². The highest BCUT2D eigenvalue weighted by atomic mass is 16.5. The van der Waals surface area contributed by atoms with E-state index in [1.165, 1.54) is 7.11 Å². The minimum atomic E-state index is -0.327. The summed E-state index contributed by atoms with van der Waals surface area (Å²) in [7, 11) is 1.39.